The Kier molecular flexibility index (Phi) is 4.68. The molecule has 1 amide bonds. The lowest BCUT2D eigenvalue weighted by atomic mass is 10.2. The van der Waals surface area contributed by atoms with Crippen molar-refractivity contribution in [3.05, 3.63) is 18.1 Å². The molecule has 2 rings (SSSR count). The zero-order chi connectivity index (χ0) is 13.7. The Balaban J connectivity index is 1.85. The highest BCUT2D eigenvalue weighted by molar-refractivity contribution is 5.92. The van der Waals surface area contributed by atoms with Gasteiger partial charge in [0, 0.05) is 19.2 Å². The van der Waals surface area contributed by atoms with Gasteiger partial charge in [-0.2, -0.15) is 0 Å². The minimum absolute atomic E-state index is 0.0895. The Morgan fingerprint density at radius 1 is 1.47 bits per heavy atom. The average Bonchev–Trinajstić information content (AvgIpc) is 2.89. The maximum absolute atomic E-state index is 11.7. The molecule has 1 aliphatic heterocycles. The van der Waals surface area contributed by atoms with E-state index in [9.17, 15) is 4.79 Å². The van der Waals surface area contributed by atoms with Crippen LogP contribution in [-0.4, -0.2) is 41.2 Å². The van der Waals surface area contributed by atoms with Crippen LogP contribution in [0.15, 0.2) is 12.4 Å². The number of nitrogens with one attached hydrogen (secondary N) is 2. The molecular weight excluding hydrogens is 244 g/mol. The van der Waals surface area contributed by atoms with Gasteiger partial charge in [-0.05, 0) is 26.7 Å². The fraction of sp³-hybridized carbons (Fsp3) is 0.615. The van der Waals surface area contributed by atoms with Gasteiger partial charge in [0.2, 0.25) is 0 Å². The number of anilines is 1. The van der Waals surface area contributed by atoms with Crippen LogP contribution in [0.3, 0.4) is 0 Å². The molecule has 104 valence electrons. The summed E-state index contributed by atoms with van der Waals surface area (Å²) < 4.78 is 5.51. The van der Waals surface area contributed by atoms with E-state index in [0.29, 0.717) is 11.5 Å². The third kappa shape index (κ3) is 4.17. The minimum atomic E-state index is -0.201. The van der Waals surface area contributed by atoms with Crippen LogP contribution in [0.4, 0.5) is 5.82 Å². The fourth-order valence-corrected chi connectivity index (χ4v) is 1.90. The van der Waals surface area contributed by atoms with Crippen LogP contribution in [0.25, 0.3) is 0 Å². The van der Waals surface area contributed by atoms with Crippen molar-refractivity contribution in [2.24, 2.45) is 0 Å². The highest BCUT2D eigenvalue weighted by Crippen LogP contribution is 2.12. The number of carbonyl (C=O) groups is 1. The van der Waals surface area contributed by atoms with Gasteiger partial charge in [0.1, 0.15) is 11.5 Å². The molecule has 0 saturated carbocycles. The molecule has 2 heterocycles. The standard InChI is InChI=1S/C13H20N4O2/c1-9(2)17-13(18)11-7-16-12(8-14-11)15-6-10-4-3-5-19-10/h7-10H,3-6H2,1-2H3,(H,15,16)(H,17,18). The number of rotatable bonds is 5. The Bertz CT molecular complexity index is 413. The van der Waals surface area contributed by atoms with Gasteiger partial charge in [0.05, 0.1) is 18.5 Å². The van der Waals surface area contributed by atoms with E-state index in [1.165, 1.54) is 6.20 Å². The molecule has 6 heteroatoms. The van der Waals surface area contributed by atoms with E-state index in [1.54, 1.807) is 6.20 Å². The van der Waals surface area contributed by atoms with Crippen molar-refractivity contribution in [1.82, 2.24) is 15.3 Å². The molecule has 1 saturated heterocycles. The van der Waals surface area contributed by atoms with Crippen molar-refractivity contribution in [3.63, 3.8) is 0 Å². The van der Waals surface area contributed by atoms with Crippen molar-refractivity contribution in [3.8, 4) is 0 Å². The fourth-order valence-electron chi connectivity index (χ4n) is 1.90. The summed E-state index contributed by atoms with van der Waals surface area (Å²) >= 11 is 0. The van der Waals surface area contributed by atoms with Crippen molar-refractivity contribution in [2.45, 2.75) is 38.8 Å². The molecule has 0 spiro atoms. The summed E-state index contributed by atoms with van der Waals surface area (Å²) in [7, 11) is 0. The summed E-state index contributed by atoms with van der Waals surface area (Å²) in [5.41, 5.74) is 0.330. The maximum Gasteiger partial charge on any atom is 0.271 e. The van der Waals surface area contributed by atoms with E-state index in [2.05, 4.69) is 20.6 Å². The number of ether oxygens (including phenoxy) is 1. The van der Waals surface area contributed by atoms with Crippen LogP contribution < -0.4 is 10.6 Å². The van der Waals surface area contributed by atoms with Gasteiger partial charge in [-0.15, -0.1) is 0 Å². The quantitative estimate of drug-likeness (QED) is 0.836. The zero-order valence-corrected chi connectivity index (χ0v) is 11.3. The molecule has 0 bridgehead atoms. The lowest BCUT2D eigenvalue weighted by Crippen LogP contribution is -2.30. The van der Waals surface area contributed by atoms with E-state index >= 15 is 0 Å². The number of nitrogens with zero attached hydrogens (tertiary/aromatic N) is 2. The van der Waals surface area contributed by atoms with Crippen LogP contribution in [0, 0.1) is 0 Å². The number of aromatic nitrogens is 2. The van der Waals surface area contributed by atoms with Gasteiger partial charge in [0.15, 0.2) is 0 Å². The summed E-state index contributed by atoms with van der Waals surface area (Å²) in [6, 6.07) is 0.0895. The largest absolute Gasteiger partial charge is 0.376 e. The summed E-state index contributed by atoms with van der Waals surface area (Å²) in [5.74, 6) is 0.463. The van der Waals surface area contributed by atoms with Gasteiger partial charge < -0.3 is 15.4 Å². The second kappa shape index (κ2) is 6.47. The first kappa shape index (κ1) is 13.7. The van der Waals surface area contributed by atoms with Crippen LogP contribution in [0.2, 0.25) is 0 Å². The highest BCUT2D eigenvalue weighted by atomic mass is 16.5. The number of carbonyl (C=O) groups excluding carboxylic acids is 1. The molecule has 1 aliphatic rings. The molecule has 1 aromatic rings. The van der Waals surface area contributed by atoms with Crippen LogP contribution in [0.1, 0.15) is 37.2 Å². The summed E-state index contributed by atoms with van der Waals surface area (Å²) in [4.78, 5) is 20.0. The van der Waals surface area contributed by atoms with E-state index in [1.807, 2.05) is 13.8 Å². The molecule has 1 aromatic heterocycles. The van der Waals surface area contributed by atoms with Gasteiger partial charge >= 0.3 is 0 Å². The third-order valence-corrected chi connectivity index (χ3v) is 2.84. The summed E-state index contributed by atoms with van der Waals surface area (Å²) in [5, 5.41) is 5.94. The Labute approximate surface area is 113 Å². The lowest BCUT2D eigenvalue weighted by Gasteiger charge is -2.11. The molecule has 6 nitrogen and oxygen atoms in total. The lowest BCUT2D eigenvalue weighted by molar-refractivity contribution is 0.0937. The monoisotopic (exact) mass is 264 g/mol. The van der Waals surface area contributed by atoms with Gasteiger partial charge in [-0.1, -0.05) is 0 Å². The first-order chi connectivity index (χ1) is 9.15. The molecule has 0 aromatic carbocycles. The van der Waals surface area contributed by atoms with Gasteiger partial charge in [-0.3, -0.25) is 4.79 Å². The molecule has 0 aliphatic carbocycles. The third-order valence-electron chi connectivity index (χ3n) is 2.84. The normalized spacial score (nSPS) is 18.6. The predicted octanol–water partition coefficient (Wildman–Crippen LogP) is 1.21. The summed E-state index contributed by atoms with van der Waals surface area (Å²) in [6.45, 7) is 5.38. The topological polar surface area (TPSA) is 76.1 Å². The second-order valence-corrected chi connectivity index (χ2v) is 4.93. The molecule has 1 fully saturated rings. The Morgan fingerprint density at radius 3 is 2.89 bits per heavy atom. The van der Waals surface area contributed by atoms with E-state index in [-0.39, 0.29) is 18.1 Å². The first-order valence-electron chi connectivity index (χ1n) is 6.63. The smallest absolute Gasteiger partial charge is 0.271 e. The maximum atomic E-state index is 11.7. The van der Waals surface area contributed by atoms with Crippen molar-refractivity contribution < 1.29 is 9.53 Å². The van der Waals surface area contributed by atoms with E-state index in [0.717, 1.165) is 26.0 Å². The number of hydrogen-bond acceptors (Lipinski definition) is 5. The first-order valence-corrected chi connectivity index (χ1v) is 6.63. The van der Waals surface area contributed by atoms with Crippen LogP contribution in [-0.2, 0) is 4.74 Å². The number of hydrogen-bond donors (Lipinski definition) is 2. The van der Waals surface area contributed by atoms with E-state index in [4.69, 9.17) is 4.74 Å². The van der Waals surface area contributed by atoms with Crippen molar-refractivity contribution >= 4 is 11.7 Å². The molecule has 1 atom stereocenters. The minimum Gasteiger partial charge on any atom is -0.376 e. The molecule has 19 heavy (non-hydrogen) atoms. The van der Waals surface area contributed by atoms with E-state index < -0.39 is 0 Å². The Morgan fingerprint density at radius 2 is 2.32 bits per heavy atom. The summed E-state index contributed by atoms with van der Waals surface area (Å²) in [6.07, 6.45) is 5.51. The molecule has 2 N–H and O–H groups in total. The van der Waals surface area contributed by atoms with Crippen LogP contribution >= 0.6 is 0 Å². The number of amides is 1. The molecular formula is C13H20N4O2. The predicted molar refractivity (Wildman–Crippen MR) is 72.1 cm³/mol. The SMILES string of the molecule is CC(C)NC(=O)c1cnc(NCC2CCCO2)cn1. The molecule has 1 unspecified atom stereocenters. The Hall–Kier alpha value is -1.69. The van der Waals surface area contributed by atoms with Crippen LogP contribution in [0.5, 0.6) is 0 Å². The highest BCUT2D eigenvalue weighted by Gasteiger charge is 2.15. The van der Waals surface area contributed by atoms with Gasteiger partial charge in [0.25, 0.3) is 5.91 Å². The van der Waals surface area contributed by atoms with Crippen molar-refractivity contribution in [2.75, 3.05) is 18.5 Å². The molecule has 0 radical (unpaired) electrons. The van der Waals surface area contributed by atoms with Crippen molar-refractivity contribution in [1.29, 1.82) is 0 Å². The van der Waals surface area contributed by atoms with Gasteiger partial charge in [-0.25, -0.2) is 9.97 Å². The second-order valence-electron chi connectivity index (χ2n) is 4.93. The zero-order valence-electron chi connectivity index (χ0n) is 11.3. The average molecular weight is 264 g/mol.